The van der Waals surface area contributed by atoms with E-state index in [0.29, 0.717) is 11.8 Å². The summed E-state index contributed by atoms with van der Waals surface area (Å²) in [5, 5.41) is 8.39. The van der Waals surface area contributed by atoms with Gasteiger partial charge in [0, 0.05) is 35.6 Å². The number of imidazole rings is 1. The zero-order valence-electron chi connectivity index (χ0n) is 25.7. The summed E-state index contributed by atoms with van der Waals surface area (Å²) in [7, 11) is 0. The Morgan fingerprint density at radius 3 is 2.27 bits per heavy atom. The normalized spacial score (nSPS) is 12.7. The number of fused-ring (bicyclic) bond motifs is 3. The quantitative estimate of drug-likeness (QED) is 0.159. The SMILES string of the molecule is CC(C)c1cccc(C(C)C)c1-n1ccnc1-c1[c-]cccc1.CCN1[CH-]N(c2[c-]ccc3c2oc2ccccc23)C=N1.[Ir+3]. The van der Waals surface area contributed by atoms with Crippen molar-refractivity contribution in [1.29, 1.82) is 0 Å². The van der Waals surface area contributed by atoms with Crippen molar-refractivity contribution in [2.24, 2.45) is 5.10 Å². The molecule has 0 N–H and O–H groups in total. The first-order chi connectivity index (χ1) is 21.0. The van der Waals surface area contributed by atoms with Crippen molar-refractivity contribution in [3.63, 3.8) is 0 Å². The summed E-state index contributed by atoms with van der Waals surface area (Å²) in [5.41, 5.74) is 7.62. The van der Waals surface area contributed by atoms with Crippen molar-refractivity contribution < 1.29 is 24.5 Å². The molecule has 0 saturated carbocycles. The average Bonchev–Trinajstić information content (AvgIpc) is 3.80. The van der Waals surface area contributed by atoms with Gasteiger partial charge in [-0.05, 0) is 36.0 Å². The molecule has 0 amide bonds. The zero-order chi connectivity index (χ0) is 29.9. The van der Waals surface area contributed by atoms with Gasteiger partial charge in [-0.25, -0.2) is 5.10 Å². The van der Waals surface area contributed by atoms with E-state index in [1.54, 1.807) is 6.34 Å². The van der Waals surface area contributed by atoms with E-state index in [1.807, 2.05) is 71.3 Å². The number of hydrazone groups is 1. The number of benzene rings is 4. The van der Waals surface area contributed by atoms with Crippen molar-refractivity contribution in [2.75, 3.05) is 11.4 Å². The number of nitrogens with zero attached hydrogens (tertiary/aromatic N) is 5. The molecule has 0 unspecified atom stereocenters. The van der Waals surface area contributed by atoms with E-state index in [9.17, 15) is 0 Å². The smallest absolute Gasteiger partial charge is 0.514 e. The monoisotopic (exact) mass is 759 g/mol. The third-order valence-electron chi connectivity index (χ3n) is 7.66. The summed E-state index contributed by atoms with van der Waals surface area (Å²) >= 11 is 0. The fraction of sp³-hybridized carbons (Fsp3) is 0.216. The van der Waals surface area contributed by atoms with Crippen LogP contribution in [0.5, 0.6) is 0 Å². The molecule has 1 aliphatic rings. The molecule has 3 heterocycles. The van der Waals surface area contributed by atoms with Crippen molar-refractivity contribution in [3.05, 3.63) is 121 Å². The molecule has 2 aromatic heterocycles. The Hall–Kier alpha value is -4.19. The predicted molar refractivity (Wildman–Crippen MR) is 176 cm³/mol. The van der Waals surface area contributed by atoms with Gasteiger partial charge in [0.05, 0.1) is 12.2 Å². The van der Waals surface area contributed by atoms with Gasteiger partial charge in [0.2, 0.25) is 0 Å². The van der Waals surface area contributed by atoms with E-state index in [4.69, 9.17) is 4.42 Å². The maximum absolute atomic E-state index is 5.99. The predicted octanol–water partition coefficient (Wildman–Crippen LogP) is 9.17. The molecule has 6 aromatic rings. The van der Waals surface area contributed by atoms with Crippen LogP contribution in [0, 0.1) is 18.8 Å². The Balaban J connectivity index is 0.000000172. The molecule has 0 spiro atoms. The van der Waals surface area contributed by atoms with Crippen LogP contribution in [0.2, 0.25) is 0 Å². The van der Waals surface area contributed by atoms with Gasteiger partial charge in [-0.2, -0.15) is 18.2 Å². The Labute approximate surface area is 273 Å². The molecule has 7 rings (SSSR count). The van der Waals surface area contributed by atoms with Crippen LogP contribution in [-0.2, 0) is 20.1 Å². The fourth-order valence-corrected chi connectivity index (χ4v) is 5.48. The van der Waals surface area contributed by atoms with E-state index in [2.05, 4.69) is 97.9 Å². The molecule has 0 saturated heterocycles. The van der Waals surface area contributed by atoms with Gasteiger partial charge in [0.25, 0.3) is 0 Å². The summed E-state index contributed by atoms with van der Waals surface area (Å²) in [4.78, 5) is 6.53. The minimum Gasteiger partial charge on any atom is -0.514 e. The Bertz CT molecular complexity index is 1850. The summed E-state index contributed by atoms with van der Waals surface area (Å²) in [5.74, 6) is 1.86. The molecular weight excluding hydrogens is 723 g/mol. The fourth-order valence-electron chi connectivity index (χ4n) is 5.48. The minimum absolute atomic E-state index is 0. The van der Waals surface area contributed by atoms with Crippen molar-refractivity contribution in [1.82, 2.24) is 14.6 Å². The third-order valence-corrected chi connectivity index (χ3v) is 7.66. The second-order valence-corrected chi connectivity index (χ2v) is 11.2. The van der Waals surface area contributed by atoms with Crippen LogP contribution in [-0.4, -0.2) is 27.4 Å². The van der Waals surface area contributed by atoms with Crippen LogP contribution in [0.1, 0.15) is 57.6 Å². The van der Waals surface area contributed by atoms with Crippen LogP contribution < -0.4 is 4.90 Å². The first kappa shape index (κ1) is 31.2. The number of furan rings is 1. The van der Waals surface area contributed by atoms with E-state index in [0.717, 1.165) is 45.6 Å². The van der Waals surface area contributed by atoms with Crippen molar-refractivity contribution >= 4 is 34.0 Å². The molecule has 7 heteroatoms. The minimum atomic E-state index is 0. The molecular formula is C37H36IrN5O. The van der Waals surface area contributed by atoms with Crippen LogP contribution >= 0.6 is 0 Å². The summed E-state index contributed by atoms with van der Waals surface area (Å²) < 4.78 is 8.21. The van der Waals surface area contributed by atoms with E-state index in [-0.39, 0.29) is 20.1 Å². The molecule has 1 aliphatic heterocycles. The van der Waals surface area contributed by atoms with Crippen molar-refractivity contribution in [3.8, 4) is 17.1 Å². The Morgan fingerprint density at radius 2 is 1.59 bits per heavy atom. The van der Waals surface area contributed by atoms with Gasteiger partial charge in [0.15, 0.2) is 0 Å². The van der Waals surface area contributed by atoms with Gasteiger partial charge in [-0.1, -0.05) is 75.2 Å². The summed E-state index contributed by atoms with van der Waals surface area (Å²) in [6.07, 6.45) is 5.71. The molecule has 0 radical (unpaired) electrons. The van der Waals surface area contributed by atoms with Crippen LogP contribution in [0.15, 0.2) is 101 Å². The molecule has 0 atom stereocenters. The van der Waals surface area contributed by atoms with E-state index < -0.39 is 0 Å². The first-order valence-electron chi connectivity index (χ1n) is 14.9. The Morgan fingerprint density at radius 1 is 0.841 bits per heavy atom. The average molecular weight is 759 g/mol. The summed E-state index contributed by atoms with van der Waals surface area (Å²) in [6, 6.07) is 33.2. The molecule has 4 aromatic carbocycles. The molecule has 0 bridgehead atoms. The molecule has 6 nitrogen and oxygen atoms in total. The third kappa shape index (κ3) is 6.08. The summed E-state index contributed by atoms with van der Waals surface area (Å²) in [6.45, 7) is 13.8. The standard InChI is InChI=1S/C21H23N2.C16H13N3O.Ir/c1-15(2)18-11-8-12-19(16(3)4)20(18)23-14-13-22-21(23)17-9-6-5-7-10-17;1-2-19-11-18(10-17-19)14-8-5-7-13-12-6-3-4-9-15(12)20-16(13)14;/h5-9,11-16H,1-4H3;3-7,9-11H,2H2,1H3;/q-1;-2;+3. The van der Waals surface area contributed by atoms with E-state index in [1.165, 1.54) is 16.8 Å². The van der Waals surface area contributed by atoms with Crippen molar-refractivity contribution in [2.45, 2.75) is 46.5 Å². The molecule has 224 valence electrons. The second-order valence-electron chi connectivity index (χ2n) is 11.2. The Kier molecular flexibility index (Phi) is 9.67. The largest absolute Gasteiger partial charge is 3.00 e. The number of para-hydroxylation sites is 2. The van der Waals surface area contributed by atoms with Gasteiger partial charge in [-0.3, -0.25) is 4.98 Å². The van der Waals surface area contributed by atoms with Crippen LogP contribution in [0.3, 0.4) is 0 Å². The van der Waals surface area contributed by atoms with Crippen LogP contribution in [0.4, 0.5) is 5.69 Å². The maximum Gasteiger partial charge on any atom is 3.00 e. The molecule has 44 heavy (non-hydrogen) atoms. The zero-order valence-corrected chi connectivity index (χ0v) is 28.0. The second kappa shape index (κ2) is 13.6. The topological polar surface area (TPSA) is 49.8 Å². The number of aromatic nitrogens is 2. The van der Waals surface area contributed by atoms with Gasteiger partial charge in [0.1, 0.15) is 5.58 Å². The number of hydrogen-bond donors (Lipinski definition) is 0. The number of hydrogen-bond acceptors (Lipinski definition) is 5. The van der Waals surface area contributed by atoms with E-state index >= 15 is 0 Å². The van der Waals surface area contributed by atoms with Gasteiger partial charge in [-0.15, -0.1) is 42.6 Å². The molecule has 0 aliphatic carbocycles. The first-order valence-corrected chi connectivity index (χ1v) is 14.9. The van der Waals surface area contributed by atoms with Crippen LogP contribution in [0.25, 0.3) is 39.0 Å². The number of rotatable bonds is 6. The molecule has 0 fully saturated rings. The van der Waals surface area contributed by atoms with Gasteiger partial charge < -0.3 is 18.9 Å². The maximum atomic E-state index is 5.99. The number of anilines is 1. The van der Waals surface area contributed by atoms with Gasteiger partial charge >= 0.3 is 20.1 Å².